The van der Waals surface area contributed by atoms with Crippen LogP contribution in [0.25, 0.3) is 0 Å². The first-order valence-electron chi connectivity index (χ1n) is 8.28. The van der Waals surface area contributed by atoms with Crippen LogP contribution in [0.4, 0.5) is 0 Å². The molecule has 1 unspecified atom stereocenters. The average Bonchev–Trinajstić information content (AvgIpc) is 2.57. The molecule has 0 heterocycles. The molecule has 1 atom stereocenters. The Kier molecular flexibility index (Phi) is 11.3. The van der Waals surface area contributed by atoms with E-state index in [4.69, 9.17) is 0 Å². The van der Waals surface area contributed by atoms with Crippen molar-refractivity contribution in [2.75, 3.05) is 14.1 Å². The molecule has 0 saturated carbocycles. The molecule has 0 aliphatic carbocycles. The van der Waals surface area contributed by atoms with Crippen LogP contribution in [0.1, 0.15) is 39.2 Å². The third-order valence-corrected chi connectivity index (χ3v) is 5.18. The summed E-state index contributed by atoms with van der Waals surface area (Å²) in [5.41, 5.74) is 0.989. The summed E-state index contributed by atoms with van der Waals surface area (Å²) in [5.74, 6) is 1.44. The summed E-state index contributed by atoms with van der Waals surface area (Å²) in [5, 5.41) is 6.62. The largest absolute Gasteiger partial charge is 0.354 e. The number of guanidine groups is 1. The second-order valence-electron chi connectivity index (χ2n) is 6.29. The molecule has 1 aromatic rings. The second-order valence-corrected chi connectivity index (χ2v) is 8.18. The molecular weight excluding hydrogens is 451 g/mol. The van der Waals surface area contributed by atoms with Gasteiger partial charge in [0.2, 0.25) is 10.0 Å². The highest BCUT2D eigenvalue weighted by molar-refractivity contribution is 14.0. The van der Waals surface area contributed by atoms with E-state index in [9.17, 15) is 8.42 Å². The Morgan fingerprint density at radius 2 is 1.72 bits per heavy atom. The van der Waals surface area contributed by atoms with E-state index in [1.165, 1.54) is 13.5 Å². The Labute approximate surface area is 169 Å². The fourth-order valence-corrected chi connectivity index (χ4v) is 2.90. The molecule has 6 nitrogen and oxygen atoms in total. The zero-order valence-corrected chi connectivity index (χ0v) is 18.8. The van der Waals surface area contributed by atoms with Crippen LogP contribution in [0.5, 0.6) is 0 Å². The molecule has 0 aliphatic rings. The molecule has 1 rings (SSSR count). The van der Waals surface area contributed by atoms with Crippen molar-refractivity contribution >= 4 is 40.0 Å². The van der Waals surface area contributed by atoms with Gasteiger partial charge in [0.1, 0.15) is 0 Å². The highest BCUT2D eigenvalue weighted by Crippen LogP contribution is 2.10. The molecule has 144 valence electrons. The Morgan fingerprint density at radius 3 is 2.20 bits per heavy atom. The van der Waals surface area contributed by atoms with Gasteiger partial charge in [-0.25, -0.2) is 13.1 Å². The van der Waals surface area contributed by atoms with Gasteiger partial charge in [0.25, 0.3) is 0 Å². The van der Waals surface area contributed by atoms with Crippen molar-refractivity contribution in [1.82, 2.24) is 15.4 Å². The monoisotopic (exact) mass is 482 g/mol. The number of aliphatic imine (C=N–C) groups is 1. The lowest BCUT2D eigenvalue weighted by Crippen LogP contribution is -2.41. The Hall–Kier alpha value is -0.870. The van der Waals surface area contributed by atoms with Gasteiger partial charge in [-0.1, -0.05) is 26.0 Å². The first-order valence-corrected chi connectivity index (χ1v) is 9.76. The molecule has 8 heteroatoms. The van der Waals surface area contributed by atoms with Crippen LogP contribution in [0.15, 0.2) is 34.2 Å². The predicted molar refractivity (Wildman–Crippen MR) is 115 cm³/mol. The Balaban J connectivity index is 0.00000576. The summed E-state index contributed by atoms with van der Waals surface area (Å²) in [7, 11) is -0.240. The third-order valence-electron chi connectivity index (χ3n) is 3.75. The van der Waals surface area contributed by atoms with Crippen molar-refractivity contribution in [2.24, 2.45) is 10.9 Å². The van der Waals surface area contributed by atoms with Gasteiger partial charge >= 0.3 is 0 Å². The fraction of sp³-hybridized carbons (Fsp3) is 0.588. The first kappa shape index (κ1) is 24.1. The Morgan fingerprint density at radius 1 is 1.12 bits per heavy atom. The van der Waals surface area contributed by atoms with E-state index in [1.54, 1.807) is 31.3 Å². The van der Waals surface area contributed by atoms with Crippen molar-refractivity contribution < 1.29 is 8.42 Å². The molecule has 0 aliphatic heterocycles. The van der Waals surface area contributed by atoms with Crippen molar-refractivity contribution in [2.45, 2.75) is 51.1 Å². The first-order chi connectivity index (χ1) is 11.3. The lowest BCUT2D eigenvalue weighted by Gasteiger charge is -2.18. The minimum absolute atomic E-state index is 0. The maximum Gasteiger partial charge on any atom is 0.240 e. The van der Waals surface area contributed by atoms with E-state index in [0.717, 1.165) is 17.9 Å². The minimum Gasteiger partial charge on any atom is -0.354 e. The van der Waals surface area contributed by atoms with Gasteiger partial charge in [-0.15, -0.1) is 24.0 Å². The molecule has 3 N–H and O–H groups in total. The number of sulfonamides is 1. The highest BCUT2D eigenvalue weighted by atomic mass is 127. The lowest BCUT2D eigenvalue weighted by atomic mass is 10.0. The predicted octanol–water partition coefficient (Wildman–Crippen LogP) is 2.70. The molecule has 0 saturated heterocycles. The number of rotatable bonds is 8. The molecule has 0 radical (unpaired) electrons. The topological polar surface area (TPSA) is 82.6 Å². The molecule has 0 aromatic heterocycles. The van der Waals surface area contributed by atoms with Gasteiger partial charge in [0.05, 0.1) is 4.90 Å². The molecule has 25 heavy (non-hydrogen) atoms. The SMILES string of the molecule is CN=C(NCc1ccc(S(=O)(=O)NC)cc1)NC(C)CCC(C)C.I. The van der Waals surface area contributed by atoms with E-state index in [1.807, 2.05) is 0 Å². The number of benzene rings is 1. The summed E-state index contributed by atoms with van der Waals surface area (Å²) < 4.78 is 25.7. The third kappa shape index (κ3) is 8.87. The van der Waals surface area contributed by atoms with Crippen LogP contribution in [-0.2, 0) is 16.6 Å². The van der Waals surface area contributed by atoms with Gasteiger partial charge in [-0.05, 0) is 50.4 Å². The fourth-order valence-electron chi connectivity index (χ4n) is 2.17. The van der Waals surface area contributed by atoms with E-state index in [-0.39, 0.29) is 28.9 Å². The van der Waals surface area contributed by atoms with E-state index >= 15 is 0 Å². The molecule has 0 amide bonds. The summed E-state index contributed by atoms with van der Waals surface area (Å²) in [6.07, 6.45) is 2.27. The van der Waals surface area contributed by atoms with Gasteiger partial charge in [0.15, 0.2) is 5.96 Å². The van der Waals surface area contributed by atoms with Gasteiger partial charge in [-0.2, -0.15) is 0 Å². The minimum atomic E-state index is -3.39. The van der Waals surface area contributed by atoms with Crippen LogP contribution in [-0.4, -0.2) is 34.5 Å². The number of nitrogens with one attached hydrogen (secondary N) is 3. The number of hydrogen-bond donors (Lipinski definition) is 3. The number of hydrogen-bond acceptors (Lipinski definition) is 3. The van der Waals surface area contributed by atoms with Gasteiger partial charge in [0, 0.05) is 19.6 Å². The van der Waals surface area contributed by atoms with Crippen molar-refractivity contribution in [3.63, 3.8) is 0 Å². The van der Waals surface area contributed by atoms with Crippen molar-refractivity contribution in [1.29, 1.82) is 0 Å². The second kappa shape index (κ2) is 11.7. The summed E-state index contributed by atoms with van der Waals surface area (Å²) in [4.78, 5) is 4.49. The van der Waals surface area contributed by atoms with Crippen molar-refractivity contribution in [3.05, 3.63) is 29.8 Å². The standard InChI is InChI=1S/C17H30N4O2S.HI/c1-13(2)6-7-14(3)21-17(18-4)20-12-15-8-10-16(11-9-15)24(22,23)19-5;/h8-11,13-14,19H,6-7,12H2,1-5H3,(H2,18,20,21);1H. The summed E-state index contributed by atoms with van der Waals surface area (Å²) in [6, 6.07) is 7.15. The zero-order valence-electron chi connectivity index (χ0n) is 15.7. The number of nitrogens with zero attached hydrogens (tertiary/aromatic N) is 1. The lowest BCUT2D eigenvalue weighted by molar-refractivity contribution is 0.489. The van der Waals surface area contributed by atoms with Gasteiger partial charge < -0.3 is 10.6 Å². The molecular formula is C17H31IN4O2S. The van der Waals surface area contributed by atoms with Crippen LogP contribution in [0.3, 0.4) is 0 Å². The van der Waals surface area contributed by atoms with E-state index in [0.29, 0.717) is 18.5 Å². The average molecular weight is 482 g/mol. The maximum atomic E-state index is 11.7. The summed E-state index contributed by atoms with van der Waals surface area (Å²) in [6.45, 7) is 7.17. The normalized spacial score (nSPS) is 13.3. The van der Waals surface area contributed by atoms with Crippen LogP contribution in [0.2, 0.25) is 0 Å². The van der Waals surface area contributed by atoms with Crippen LogP contribution in [0, 0.1) is 5.92 Å². The Bertz CT molecular complexity index is 631. The summed E-state index contributed by atoms with van der Waals surface area (Å²) >= 11 is 0. The highest BCUT2D eigenvalue weighted by Gasteiger charge is 2.10. The molecule has 0 spiro atoms. The quantitative estimate of drug-likeness (QED) is 0.302. The molecule has 0 fully saturated rings. The smallest absolute Gasteiger partial charge is 0.240 e. The van der Waals surface area contributed by atoms with E-state index < -0.39 is 10.0 Å². The van der Waals surface area contributed by atoms with Crippen LogP contribution >= 0.6 is 24.0 Å². The van der Waals surface area contributed by atoms with Crippen LogP contribution < -0.4 is 15.4 Å². The zero-order chi connectivity index (χ0) is 18.2. The number of halogens is 1. The van der Waals surface area contributed by atoms with E-state index in [2.05, 4.69) is 41.1 Å². The van der Waals surface area contributed by atoms with Crippen molar-refractivity contribution in [3.8, 4) is 0 Å². The maximum absolute atomic E-state index is 11.7. The molecule has 1 aromatic carbocycles. The van der Waals surface area contributed by atoms with Gasteiger partial charge in [-0.3, -0.25) is 4.99 Å². The molecule has 0 bridgehead atoms.